The van der Waals surface area contributed by atoms with Crippen LogP contribution >= 0.6 is 15.9 Å². The van der Waals surface area contributed by atoms with Crippen LogP contribution < -0.4 is 15.1 Å². The molecule has 0 radical (unpaired) electrons. The van der Waals surface area contributed by atoms with Crippen molar-refractivity contribution in [2.24, 2.45) is 0 Å². The van der Waals surface area contributed by atoms with Gasteiger partial charge in [0.05, 0.1) is 24.1 Å². The van der Waals surface area contributed by atoms with Gasteiger partial charge in [0, 0.05) is 10.2 Å². The average Bonchev–Trinajstić information content (AvgIpc) is 3.07. The summed E-state index contributed by atoms with van der Waals surface area (Å²) in [6.45, 7) is 0. The van der Waals surface area contributed by atoms with Crippen molar-refractivity contribution in [3.8, 4) is 5.75 Å². The van der Waals surface area contributed by atoms with E-state index in [1.54, 1.807) is 30.2 Å². The number of rotatable bonds is 3. The lowest BCUT2D eigenvalue weighted by Crippen LogP contribution is -2.29. The van der Waals surface area contributed by atoms with Crippen molar-refractivity contribution in [3.05, 3.63) is 104 Å². The van der Waals surface area contributed by atoms with Crippen LogP contribution in [-0.2, 0) is 0 Å². The van der Waals surface area contributed by atoms with E-state index in [0.29, 0.717) is 28.0 Å². The lowest BCUT2D eigenvalue weighted by Gasteiger charge is -2.25. The van der Waals surface area contributed by atoms with Crippen LogP contribution in [-0.4, -0.2) is 13.0 Å². The van der Waals surface area contributed by atoms with E-state index in [1.165, 1.54) is 0 Å². The summed E-state index contributed by atoms with van der Waals surface area (Å²) in [5.41, 5.74) is 1.96. The Bertz CT molecular complexity index is 1350. The van der Waals surface area contributed by atoms with Gasteiger partial charge < -0.3 is 9.15 Å². The topological polar surface area (TPSA) is 59.8 Å². The largest absolute Gasteiger partial charge is 0.497 e. The normalized spacial score (nSPS) is 15.5. The smallest absolute Gasteiger partial charge is 0.295 e. The number of hydrogen-bond donors (Lipinski definition) is 0. The number of ether oxygens (including phenoxy) is 1. The molecule has 148 valence electrons. The van der Waals surface area contributed by atoms with E-state index in [2.05, 4.69) is 15.9 Å². The molecule has 0 saturated carbocycles. The summed E-state index contributed by atoms with van der Waals surface area (Å²) in [4.78, 5) is 28.6. The Balaban J connectivity index is 1.83. The minimum Gasteiger partial charge on any atom is -0.497 e. The maximum atomic E-state index is 13.5. The number of nitrogens with zero attached hydrogens (tertiary/aromatic N) is 1. The molecule has 6 heteroatoms. The molecule has 3 aromatic carbocycles. The second-order valence-corrected chi connectivity index (χ2v) is 7.92. The average molecular weight is 462 g/mol. The molecule has 0 N–H and O–H groups in total. The van der Waals surface area contributed by atoms with E-state index >= 15 is 0 Å². The van der Waals surface area contributed by atoms with Crippen LogP contribution in [0.4, 0.5) is 5.69 Å². The molecule has 0 aliphatic carbocycles. The predicted molar refractivity (Wildman–Crippen MR) is 118 cm³/mol. The Morgan fingerprint density at radius 1 is 0.967 bits per heavy atom. The van der Waals surface area contributed by atoms with Crippen molar-refractivity contribution in [2.45, 2.75) is 6.04 Å². The van der Waals surface area contributed by atoms with Gasteiger partial charge in [-0.05, 0) is 48.0 Å². The lowest BCUT2D eigenvalue weighted by atomic mass is 9.98. The van der Waals surface area contributed by atoms with Crippen LogP contribution in [0.15, 0.2) is 86.5 Å². The number of halogens is 1. The van der Waals surface area contributed by atoms with Crippen LogP contribution in [0.5, 0.6) is 5.75 Å². The fraction of sp³-hybridized carbons (Fsp3) is 0.0833. The summed E-state index contributed by atoms with van der Waals surface area (Å²) < 4.78 is 12.1. The van der Waals surface area contributed by atoms with Gasteiger partial charge in [-0.1, -0.05) is 46.3 Å². The van der Waals surface area contributed by atoms with E-state index in [4.69, 9.17) is 9.15 Å². The summed E-state index contributed by atoms with van der Waals surface area (Å²) in [7, 11) is 1.58. The summed E-state index contributed by atoms with van der Waals surface area (Å²) in [6.07, 6.45) is 0. The van der Waals surface area contributed by atoms with E-state index in [1.807, 2.05) is 54.6 Å². The standard InChI is InChI=1S/C24H16BrNO4/c1-29-17-9-5-6-14(12-17)21-20-22(27)18-13-15(25)10-11-19(18)30-23(20)24(28)26(21)16-7-3-2-4-8-16/h2-13,21H,1H3. The molecule has 2 heterocycles. The maximum absolute atomic E-state index is 13.5. The SMILES string of the molecule is COc1cccc(C2c3c(oc4ccc(Br)cc4c3=O)C(=O)N2c2ccccc2)c1. The highest BCUT2D eigenvalue weighted by atomic mass is 79.9. The first-order valence-corrected chi connectivity index (χ1v) is 10.2. The van der Waals surface area contributed by atoms with E-state index in [-0.39, 0.29) is 17.1 Å². The van der Waals surface area contributed by atoms with Gasteiger partial charge in [-0.3, -0.25) is 14.5 Å². The minimum absolute atomic E-state index is 0.0755. The van der Waals surface area contributed by atoms with Crippen LogP contribution in [0.3, 0.4) is 0 Å². The van der Waals surface area contributed by atoms with Crippen molar-refractivity contribution < 1.29 is 13.9 Å². The van der Waals surface area contributed by atoms with Crippen LogP contribution in [0, 0.1) is 0 Å². The number of benzene rings is 3. The molecule has 0 bridgehead atoms. The van der Waals surface area contributed by atoms with Gasteiger partial charge in [0.1, 0.15) is 11.3 Å². The molecule has 1 atom stereocenters. The van der Waals surface area contributed by atoms with Crippen molar-refractivity contribution in [2.75, 3.05) is 12.0 Å². The van der Waals surface area contributed by atoms with E-state index in [0.717, 1.165) is 10.0 Å². The van der Waals surface area contributed by atoms with Crippen molar-refractivity contribution in [3.63, 3.8) is 0 Å². The predicted octanol–water partition coefficient (Wildman–Crippen LogP) is 5.31. The Hall–Kier alpha value is -3.38. The van der Waals surface area contributed by atoms with Crippen LogP contribution in [0.1, 0.15) is 27.7 Å². The molecule has 0 fully saturated rings. The second kappa shape index (κ2) is 7.15. The molecule has 1 amide bonds. The Morgan fingerprint density at radius 3 is 2.53 bits per heavy atom. The maximum Gasteiger partial charge on any atom is 0.295 e. The fourth-order valence-corrected chi connectivity index (χ4v) is 4.29. The highest BCUT2D eigenvalue weighted by Gasteiger charge is 2.43. The fourth-order valence-electron chi connectivity index (χ4n) is 3.93. The lowest BCUT2D eigenvalue weighted by molar-refractivity contribution is 0.0971. The summed E-state index contributed by atoms with van der Waals surface area (Å²) in [5.74, 6) is 0.381. The number of fused-ring (bicyclic) bond motifs is 2. The zero-order chi connectivity index (χ0) is 20.8. The van der Waals surface area contributed by atoms with Gasteiger partial charge in [-0.15, -0.1) is 0 Å². The van der Waals surface area contributed by atoms with Crippen LogP contribution in [0.2, 0.25) is 0 Å². The first-order chi connectivity index (χ1) is 14.6. The van der Waals surface area contributed by atoms with Crippen molar-refractivity contribution in [1.29, 1.82) is 0 Å². The molecular formula is C24H16BrNO4. The number of carbonyl (C=O) groups is 1. The number of methoxy groups -OCH3 is 1. The molecule has 1 aliphatic rings. The Kier molecular flexibility index (Phi) is 4.44. The highest BCUT2D eigenvalue weighted by molar-refractivity contribution is 9.10. The van der Waals surface area contributed by atoms with Crippen molar-refractivity contribution >= 4 is 38.5 Å². The van der Waals surface area contributed by atoms with E-state index < -0.39 is 6.04 Å². The quantitative estimate of drug-likeness (QED) is 0.414. The molecule has 1 unspecified atom stereocenters. The van der Waals surface area contributed by atoms with Gasteiger partial charge in [-0.2, -0.15) is 0 Å². The number of anilines is 1. The molecule has 0 saturated heterocycles. The number of carbonyl (C=O) groups excluding carboxylic acids is 1. The molecular weight excluding hydrogens is 446 g/mol. The molecule has 1 aliphatic heterocycles. The zero-order valence-electron chi connectivity index (χ0n) is 16.0. The zero-order valence-corrected chi connectivity index (χ0v) is 17.5. The summed E-state index contributed by atoms with van der Waals surface area (Å²) >= 11 is 3.41. The third-order valence-corrected chi connectivity index (χ3v) is 5.77. The third-order valence-electron chi connectivity index (χ3n) is 5.28. The second-order valence-electron chi connectivity index (χ2n) is 7.00. The Labute approximate surface area is 180 Å². The molecule has 4 aromatic rings. The first kappa shape index (κ1) is 18.6. The van der Waals surface area contributed by atoms with Gasteiger partial charge in [-0.25, -0.2) is 0 Å². The summed E-state index contributed by atoms with van der Waals surface area (Å²) in [5, 5.41) is 0.429. The highest BCUT2D eigenvalue weighted by Crippen LogP contribution is 2.41. The van der Waals surface area contributed by atoms with Crippen LogP contribution in [0.25, 0.3) is 11.0 Å². The molecule has 1 aromatic heterocycles. The minimum atomic E-state index is -0.621. The van der Waals surface area contributed by atoms with Crippen molar-refractivity contribution in [1.82, 2.24) is 0 Å². The number of para-hydroxylation sites is 1. The van der Waals surface area contributed by atoms with Gasteiger partial charge in [0.25, 0.3) is 5.91 Å². The van der Waals surface area contributed by atoms with Gasteiger partial charge in [0.2, 0.25) is 5.76 Å². The summed E-state index contributed by atoms with van der Waals surface area (Å²) in [6, 6.07) is 21.3. The molecule has 0 spiro atoms. The first-order valence-electron chi connectivity index (χ1n) is 9.37. The van der Waals surface area contributed by atoms with Gasteiger partial charge >= 0.3 is 0 Å². The molecule has 5 nitrogen and oxygen atoms in total. The Morgan fingerprint density at radius 2 is 1.77 bits per heavy atom. The monoisotopic (exact) mass is 461 g/mol. The van der Waals surface area contributed by atoms with E-state index in [9.17, 15) is 9.59 Å². The molecule has 30 heavy (non-hydrogen) atoms. The van der Waals surface area contributed by atoms with Gasteiger partial charge in [0.15, 0.2) is 5.43 Å². The number of hydrogen-bond acceptors (Lipinski definition) is 4. The third kappa shape index (κ3) is 2.83. The number of amides is 1. The molecule has 5 rings (SSSR count).